The topological polar surface area (TPSA) is 100.0 Å². The van der Waals surface area contributed by atoms with Crippen molar-refractivity contribution in [1.82, 2.24) is 38.9 Å². The largest absolute Gasteiger partial charge is 0.435 e. The molecule has 10 nitrogen and oxygen atoms in total. The number of rotatable bonds is 7. The SMILES string of the molecule is Cc1c(-c2ccn(C3CC3)n2)cn2nc(-c3nccn3C)nc(Nc3cc(OC(F)F)ccn3)c12. The number of aromatic nitrogens is 8. The van der Waals surface area contributed by atoms with E-state index in [1.54, 1.807) is 16.9 Å². The van der Waals surface area contributed by atoms with E-state index < -0.39 is 6.61 Å². The van der Waals surface area contributed by atoms with Gasteiger partial charge in [-0.2, -0.15) is 13.9 Å². The molecule has 12 heteroatoms. The zero-order chi connectivity index (χ0) is 24.1. The number of hydrogen-bond acceptors (Lipinski definition) is 7. The number of alkyl halides is 2. The smallest absolute Gasteiger partial charge is 0.387 e. The van der Waals surface area contributed by atoms with Gasteiger partial charge >= 0.3 is 6.61 Å². The van der Waals surface area contributed by atoms with Crippen LogP contribution in [-0.4, -0.2) is 45.5 Å². The first-order valence-electron chi connectivity index (χ1n) is 11.1. The molecule has 5 heterocycles. The molecule has 0 bridgehead atoms. The Hall–Kier alpha value is -4.35. The number of halogens is 2. The Balaban J connectivity index is 1.48. The van der Waals surface area contributed by atoms with Crippen molar-refractivity contribution in [2.75, 3.05) is 5.32 Å². The van der Waals surface area contributed by atoms with Crippen molar-refractivity contribution in [1.29, 1.82) is 0 Å². The number of anilines is 2. The monoisotopic (exact) mass is 477 g/mol. The van der Waals surface area contributed by atoms with Crippen LogP contribution >= 0.6 is 0 Å². The van der Waals surface area contributed by atoms with E-state index in [-0.39, 0.29) is 5.75 Å². The molecular weight excluding hydrogens is 456 g/mol. The van der Waals surface area contributed by atoms with E-state index in [1.165, 1.54) is 18.3 Å². The van der Waals surface area contributed by atoms with Crippen LogP contribution in [0.25, 0.3) is 28.4 Å². The number of aryl methyl sites for hydroxylation is 2. The number of imidazole rings is 1. The van der Waals surface area contributed by atoms with Crippen LogP contribution in [-0.2, 0) is 7.05 Å². The molecule has 5 aromatic heterocycles. The van der Waals surface area contributed by atoms with Crippen molar-refractivity contribution in [3.8, 4) is 28.7 Å². The van der Waals surface area contributed by atoms with Gasteiger partial charge in [-0.15, -0.1) is 5.10 Å². The molecular formula is C23H21F2N9O. The zero-order valence-corrected chi connectivity index (χ0v) is 18.9. The van der Waals surface area contributed by atoms with Crippen molar-refractivity contribution < 1.29 is 13.5 Å². The van der Waals surface area contributed by atoms with Gasteiger partial charge in [0.25, 0.3) is 0 Å². The number of hydrogen-bond donors (Lipinski definition) is 1. The van der Waals surface area contributed by atoms with Gasteiger partial charge < -0.3 is 14.6 Å². The fourth-order valence-corrected chi connectivity index (χ4v) is 4.05. The first-order valence-corrected chi connectivity index (χ1v) is 11.1. The number of pyridine rings is 1. The third-order valence-corrected chi connectivity index (χ3v) is 5.91. The third-order valence-electron chi connectivity index (χ3n) is 5.91. The molecule has 6 rings (SSSR count). The third kappa shape index (κ3) is 3.96. The predicted molar refractivity (Wildman–Crippen MR) is 124 cm³/mol. The molecule has 0 aromatic carbocycles. The molecule has 0 amide bonds. The van der Waals surface area contributed by atoms with Gasteiger partial charge in [0, 0.05) is 49.7 Å². The summed E-state index contributed by atoms with van der Waals surface area (Å²) in [6.45, 7) is -0.962. The van der Waals surface area contributed by atoms with Gasteiger partial charge in [0.05, 0.1) is 11.7 Å². The van der Waals surface area contributed by atoms with Gasteiger partial charge in [-0.05, 0) is 37.5 Å². The quantitative estimate of drug-likeness (QED) is 0.371. The summed E-state index contributed by atoms with van der Waals surface area (Å²) < 4.78 is 35.5. The molecule has 0 aliphatic heterocycles. The average Bonchev–Trinajstić information content (AvgIpc) is 3.23. The molecule has 1 aliphatic rings. The minimum Gasteiger partial charge on any atom is -0.435 e. The molecule has 178 valence electrons. The zero-order valence-electron chi connectivity index (χ0n) is 18.9. The first kappa shape index (κ1) is 21.2. The lowest BCUT2D eigenvalue weighted by Crippen LogP contribution is -2.07. The van der Waals surface area contributed by atoms with Crippen molar-refractivity contribution >= 4 is 17.2 Å². The summed E-state index contributed by atoms with van der Waals surface area (Å²) >= 11 is 0. The van der Waals surface area contributed by atoms with Crippen molar-refractivity contribution in [3.63, 3.8) is 0 Å². The van der Waals surface area contributed by atoms with Crippen LogP contribution in [0.5, 0.6) is 5.75 Å². The summed E-state index contributed by atoms with van der Waals surface area (Å²) in [7, 11) is 1.85. The minimum absolute atomic E-state index is 0.00897. The Bertz CT molecular complexity index is 1530. The average molecular weight is 477 g/mol. The summed E-state index contributed by atoms with van der Waals surface area (Å²) in [5.74, 6) is 1.70. The van der Waals surface area contributed by atoms with E-state index in [1.807, 2.05) is 41.7 Å². The van der Waals surface area contributed by atoms with Gasteiger partial charge in [0.1, 0.15) is 17.1 Å². The van der Waals surface area contributed by atoms with Crippen molar-refractivity contribution in [2.45, 2.75) is 32.4 Å². The van der Waals surface area contributed by atoms with Crippen molar-refractivity contribution in [3.05, 3.63) is 54.7 Å². The van der Waals surface area contributed by atoms with Crippen LogP contribution in [0.15, 0.2) is 49.2 Å². The second kappa shape index (κ2) is 8.15. The molecule has 0 atom stereocenters. The molecule has 0 saturated heterocycles. The van der Waals surface area contributed by atoms with Crippen LogP contribution in [0.4, 0.5) is 20.4 Å². The highest BCUT2D eigenvalue weighted by Gasteiger charge is 2.25. The van der Waals surface area contributed by atoms with Gasteiger partial charge in [-0.3, -0.25) is 4.68 Å². The van der Waals surface area contributed by atoms with E-state index in [0.29, 0.717) is 34.8 Å². The Morgan fingerprint density at radius 2 is 1.97 bits per heavy atom. The summed E-state index contributed by atoms with van der Waals surface area (Å²) in [4.78, 5) is 13.3. The normalized spacial score (nSPS) is 13.6. The predicted octanol–water partition coefficient (Wildman–Crippen LogP) is 4.38. The molecule has 35 heavy (non-hydrogen) atoms. The Kier molecular flexibility index (Phi) is 4.94. The fourth-order valence-electron chi connectivity index (χ4n) is 4.05. The summed E-state index contributed by atoms with van der Waals surface area (Å²) in [5.41, 5.74) is 3.39. The molecule has 1 fully saturated rings. The van der Waals surface area contributed by atoms with E-state index in [2.05, 4.69) is 20.0 Å². The number of nitrogens with zero attached hydrogens (tertiary/aromatic N) is 8. The van der Waals surface area contributed by atoms with E-state index in [9.17, 15) is 8.78 Å². The number of ether oxygens (including phenoxy) is 1. The van der Waals surface area contributed by atoms with Crippen LogP contribution in [0.3, 0.4) is 0 Å². The lowest BCUT2D eigenvalue weighted by atomic mass is 10.1. The van der Waals surface area contributed by atoms with Gasteiger partial charge in [-0.25, -0.2) is 19.5 Å². The Labute approximate surface area is 198 Å². The lowest BCUT2D eigenvalue weighted by molar-refractivity contribution is -0.0498. The fraction of sp³-hybridized carbons (Fsp3) is 0.261. The molecule has 0 spiro atoms. The van der Waals surface area contributed by atoms with E-state index in [0.717, 1.165) is 29.7 Å². The maximum Gasteiger partial charge on any atom is 0.387 e. The molecule has 5 aromatic rings. The second-order valence-electron chi connectivity index (χ2n) is 8.40. The lowest BCUT2D eigenvalue weighted by Gasteiger charge is -2.11. The highest BCUT2D eigenvalue weighted by molar-refractivity contribution is 5.84. The van der Waals surface area contributed by atoms with Crippen LogP contribution < -0.4 is 10.1 Å². The highest BCUT2D eigenvalue weighted by Crippen LogP contribution is 2.36. The van der Waals surface area contributed by atoms with E-state index >= 15 is 0 Å². The molecule has 1 saturated carbocycles. The minimum atomic E-state index is -2.93. The number of nitrogens with one attached hydrogen (secondary N) is 1. The molecule has 1 N–H and O–H groups in total. The van der Waals surface area contributed by atoms with Gasteiger partial charge in [0.15, 0.2) is 11.6 Å². The summed E-state index contributed by atoms with van der Waals surface area (Å²) in [5, 5.41) is 12.6. The Morgan fingerprint density at radius 3 is 2.71 bits per heavy atom. The summed E-state index contributed by atoms with van der Waals surface area (Å²) in [6, 6.07) is 5.22. The maximum absolute atomic E-state index is 12.7. The molecule has 0 radical (unpaired) electrons. The summed E-state index contributed by atoms with van der Waals surface area (Å²) in [6.07, 6.45) is 11.1. The standard InChI is InChI=1S/C23H21F2N9O/c1-13-16(17-6-9-33(30-17)14-3-4-14)12-34-19(13)20(29-21(31-34)22-27-8-10-32(22)2)28-18-11-15(5-7-26-18)35-23(24)25/h5-12,14,23H,3-4H2,1-2H3,(H,26,28,29,31). The molecule has 0 unspecified atom stereocenters. The molecule has 1 aliphatic carbocycles. The Morgan fingerprint density at radius 1 is 1.11 bits per heavy atom. The van der Waals surface area contributed by atoms with Crippen LogP contribution in [0.2, 0.25) is 0 Å². The number of fused-ring (bicyclic) bond motifs is 1. The second-order valence-corrected chi connectivity index (χ2v) is 8.40. The highest BCUT2D eigenvalue weighted by atomic mass is 19.3. The van der Waals surface area contributed by atoms with Crippen LogP contribution in [0, 0.1) is 6.92 Å². The van der Waals surface area contributed by atoms with E-state index in [4.69, 9.17) is 15.2 Å². The maximum atomic E-state index is 12.7. The van der Waals surface area contributed by atoms with Crippen LogP contribution in [0.1, 0.15) is 24.4 Å². The van der Waals surface area contributed by atoms with Gasteiger partial charge in [0.2, 0.25) is 5.82 Å². The van der Waals surface area contributed by atoms with Crippen molar-refractivity contribution in [2.24, 2.45) is 7.05 Å². The first-order chi connectivity index (χ1) is 17.0. The van der Waals surface area contributed by atoms with Gasteiger partial charge in [-0.1, -0.05) is 0 Å².